The third-order valence-corrected chi connectivity index (χ3v) is 5.74. The Morgan fingerprint density at radius 1 is 1.28 bits per heavy atom. The van der Waals surface area contributed by atoms with E-state index in [1.54, 1.807) is 11.3 Å². The zero-order chi connectivity index (χ0) is 16.7. The number of hydrogen-bond acceptors (Lipinski definition) is 5. The van der Waals surface area contributed by atoms with E-state index in [0.29, 0.717) is 6.54 Å². The molecule has 0 saturated carbocycles. The van der Waals surface area contributed by atoms with Crippen molar-refractivity contribution >= 4 is 39.6 Å². The average Bonchev–Trinajstić information content (AvgIpc) is 2.74. The molecule has 132 valence electrons. The van der Waals surface area contributed by atoms with Crippen LogP contribution >= 0.6 is 23.7 Å². The number of nitrogens with zero attached hydrogens (tertiary/aromatic N) is 2. The van der Waals surface area contributed by atoms with Gasteiger partial charge in [-0.25, -0.2) is 4.98 Å². The molecule has 2 aromatic heterocycles. The first-order chi connectivity index (χ1) is 11.6. The van der Waals surface area contributed by atoms with E-state index in [-0.39, 0.29) is 18.0 Å². The van der Waals surface area contributed by atoms with Gasteiger partial charge in [0, 0.05) is 30.2 Å². The lowest BCUT2D eigenvalue weighted by Gasteiger charge is -2.23. The molecule has 0 radical (unpaired) electrons. The van der Waals surface area contributed by atoms with Crippen molar-refractivity contribution in [3.05, 3.63) is 56.4 Å². The van der Waals surface area contributed by atoms with Crippen molar-refractivity contribution in [1.29, 1.82) is 0 Å². The molecular formula is C18H21ClN4OS. The number of thiophene rings is 1. The molecule has 2 N–H and O–H groups in total. The van der Waals surface area contributed by atoms with Gasteiger partial charge >= 0.3 is 0 Å². The van der Waals surface area contributed by atoms with Crippen LogP contribution in [0.5, 0.6) is 0 Å². The van der Waals surface area contributed by atoms with Crippen LogP contribution in [0.2, 0.25) is 0 Å². The highest BCUT2D eigenvalue weighted by Gasteiger charge is 2.17. The molecule has 3 heterocycles. The fourth-order valence-corrected chi connectivity index (χ4v) is 4.29. The van der Waals surface area contributed by atoms with Crippen LogP contribution in [-0.4, -0.2) is 23.1 Å². The molecule has 0 atom stereocenters. The number of hydrogen-bond donors (Lipinski definition) is 2. The van der Waals surface area contributed by atoms with E-state index in [9.17, 15) is 4.79 Å². The molecule has 7 heteroatoms. The first kappa shape index (κ1) is 17.9. The minimum atomic E-state index is -0.0296. The van der Waals surface area contributed by atoms with Gasteiger partial charge in [-0.2, -0.15) is 0 Å². The van der Waals surface area contributed by atoms with E-state index in [4.69, 9.17) is 4.98 Å². The lowest BCUT2D eigenvalue weighted by molar-refractivity contribution is 0.680. The minimum Gasteiger partial charge on any atom is -0.363 e. The summed E-state index contributed by atoms with van der Waals surface area (Å²) in [6, 6.07) is 8.40. The lowest BCUT2D eigenvalue weighted by atomic mass is 10.1. The van der Waals surface area contributed by atoms with Gasteiger partial charge in [0.2, 0.25) is 0 Å². The first-order valence-corrected chi connectivity index (χ1v) is 8.97. The minimum absolute atomic E-state index is 0. The van der Waals surface area contributed by atoms with Crippen LogP contribution in [0, 0.1) is 13.8 Å². The molecule has 0 unspecified atom stereocenters. The number of fused-ring (bicyclic) bond motifs is 2. The van der Waals surface area contributed by atoms with Crippen molar-refractivity contribution in [3.8, 4) is 0 Å². The maximum atomic E-state index is 12.5. The zero-order valence-electron chi connectivity index (χ0n) is 14.3. The average molecular weight is 377 g/mol. The SMILES string of the molecule is Cc1sc2nc(CN3CCNCc4ccccc43)[nH]c(=O)c2c1C.Cl. The molecule has 0 aliphatic carbocycles. The van der Waals surface area contributed by atoms with Crippen LogP contribution in [0.4, 0.5) is 5.69 Å². The normalized spacial score (nSPS) is 14.1. The maximum absolute atomic E-state index is 12.5. The van der Waals surface area contributed by atoms with Gasteiger partial charge in [0.15, 0.2) is 0 Å². The molecule has 1 aromatic carbocycles. The molecule has 3 aromatic rings. The number of para-hydroxylation sites is 1. The zero-order valence-corrected chi connectivity index (χ0v) is 15.9. The molecule has 4 rings (SSSR count). The summed E-state index contributed by atoms with van der Waals surface area (Å²) in [6.07, 6.45) is 0. The fourth-order valence-electron chi connectivity index (χ4n) is 3.25. The topological polar surface area (TPSA) is 61.0 Å². The Morgan fingerprint density at radius 2 is 2.08 bits per heavy atom. The van der Waals surface area contributed by atoms with Crippen LogP contribution in [-0.2, 0) is 13.1 Å². The standard InChI is InChI=1S/C18H20N4OS.ClH/c1-11-12(2)24-18-16(11)17(23)20-15(21-18)10-22-8-7-19-9-13-5-3-4-6-14(13)22;/h3-6,19H,7-10H2,1-2H3,(H,20,21,23);1H. The number of anilines is 1. The Hall–Kier alpha value is -1.89. The van der Waals surface area contributed by atoms with Crippen molar-refractivity contribution in [1.82, 2.24) is 15.3 Å². The van der Waals surface area contributed by atoms with Gasteiger partial charge in [0.25, 0.3) is 5.56 Å². The Kier molecular flexibility index (Phi) is 5.13. The first-order valence-electron chi connectivity index (χ1n) is 8.16. The van der Waals surface area contributed by atoms with Crippen molar-refractivity contribution in [2.45, 2.75) is 26.9 Å². The lowest BCUT2D eigenvalue weighted by Crippen LogP contribution is -2.30. The van der Waals surface area contributed by atoms with Crippen LogP contribution in [0.25, 0.3) is 10.2 Å². The quantitative estimate of drug-likeness (QED) is 0.721. The number of aromatic nitrogens is 2. The Bertz CT molecular complexity index is 965. The molecule has 25 heavy (non-hydrogen) atoms. The molecule has 5 nitrogen and oxygen atoms in total. The Balaban J connectivity index is 0.00000182. The molecule has 0 bridgehead atoms. The second-order valence-electron chi connectivity index (χ2n) is 6.20. The predicted octanol–water partition coefficient (Wildman–Crippen LogP) is 3.13. The molecule has 0 saturated heterocycles. The van der Waals surface area contributed by atoms with Crippen LogP contribution < -0.4 is 15.8 Å². The van der Waals surface area contributed by atoms with Gasteiger partial charge in [-0.15, -0.1) is 23.7 Å². The van der Waals surface area contributed by atoms with E-state index in [1.807, 2.05) is 13.8 Å². The van der Waals surface area contributed by atoms with Gasteiger partial charge in [-0.3, -0.25) is 4.79 Å². The highest BCUT2D eigenvalue weighted by molar-refractivity contribution is 7.18. The van der Waals surface area contributed by atoms with Gasteiger partial charge in [-0.05, 0) is 31.0 Å². The van der Waals surface area contributed by atoms with E-state index >= 15 is 0 Å². The summed E-state index contributed by atoms with van der Waals surface area (Å²) in [7, 11) is 0. The second kappa shape index (κ2) is 7.15. The molecule has 1 aliphatic heterocycles. The van der Waals surface area contributed by atoms with E-state index < -0.39 is 0 Å². The number of aromatic amines is 1. The Labute approximate surface area is 156 Å². The number of nitrogens with one attached hydrogen (secondary N) is 2. The smallest absolute Gasteiger partial charge is 0.259 e. The molecule has 1 aliphatic rings. The third-order valence-electron chi connectivity index (χ3n) is 4.63. The monoisotopic (exact) mass is 376 g/mol. The predicted molar refractivity (Wildman–Crippen MR) is 106 cm³/mol. The summed E-state index contributed by atoms with van der Waals surface area (Å²) < 4.78 is 0. The van der Waals surface area contributed by atoms with E-state index in [2.05, 4.69) is 39.5 Å². The number of rotatable bonds is 2. The summed E-state index contributed by atoms with van der Waals surface area (Å²) >= 11 is 1.60. The highest BCUT2D eigenvalue weighted by Crippen LogP contribution is 2.27. The van der Waals surface area contributed by atoms with Crippen molar-refractivity contribution < 1.29 is 0 Å². The van der Waals surface area contributed by atoms with Gasteiger partial charge in [0.05, 0.1) is 11.9 Å². The van der Waals surface area contributed by atoms with E-state index in [1.165, 1.54) is 11.3 Å². The molecule has 0 spiro atoms. The molecule has 0 amide bonds. The van der Waals surface area contributed by atoms with Gasteiger partial charge in [-0.1, -0.05) is 18.2 Å². The van der Waals surface area contributed by atoms with Crippen LogP contribution in [0.1, 0.15) is 21.8 Å². The van der Waals surface area contributed by atoms with Crippen LogP contribution in [0.15, 0.2) is 29.1 Å². The van der Waals surface area contributed by atoms with Crippen molar-refractivity contribution in [2.75, 3.05) is 18.0 Å². The molecular weight excluding hydrogens is 356 g/mol. The Morgan fingerprint density at radius 3 is 2.92 bits per heavy atom. The summed E-state index contributed by atoms with van der Waals surface area (Å²) in [4.78, 5) is 24.4. The summed E-state index contributed by atoms with van der Waals surface area (Å²) in [6.45, 7) is 7.32. The van der Waals surface area contributed by atoms with Crippen LogP contribution in [0.3, 0.4) is 0 Å². The highest BCUT2D eigenvalue weighted by atomic mass is 35.5. The third kappa shape index (κ3) is 3.29. The summed E-state index contributed by atoms with van der Waals surface area (Å²) in [5.74, 6) is 0.727. The number of benzene rings is 1. The number of halogens is 1. The molecule has 0 fully saturated rings. The largest absolute Gasteiger partial charge is 0.363 e. The number of aryl methyl sites for hydroxylation is 2. The van der Waals surface area contributed by atoms with Crippen molar-refractivity contribution in [2.24, 2.45) is 0 Å². The summed E-state index contributed by atoms with van der Waals surface area (Å²) in [5, 5.41) is 4.17. The van der Waals surface area contributed by atoms with Crippen molar-refractivity contribution in [3.63, 3.8) is 0 Å². The summed E-state index contributed by atoms with van der Waals surface area (Å²) in [5.41, 5.74) is 3.50. The van der Waals surface area contributed by atoms with Gasteiger partial charge < -0.3 is 15.2 Å². The second-order valence-corrected chi connectivity index (χ2v) is 7.41. The fraction of sp³-hybridized carbons (Fsp3) is 0.333. The maximum Gasteiger partial charge on any atom is 0.259 e. The number of H-pyrrole nitrogens is 1. The van der Waals surface area contributed by atoms with E-state index in [0.717, 1.165) is 46.1 Å². The van der Waals surface area contributed by atoms with Gasteiger partial charge in [0.1, 0.15) is 10.7 Å².